The Morgan fingerprint density at radius 1 is 1.16 bits per heavy atom. The highest BCUT2D eigenvalue weighted by atomic mass is 16.4. The van der Waals surface area contributed by atoms with Crippen LogP contribution in [0, 0.1) is 0 Å². The van der Waals surface area contributed by atoms with Gasteiger partial charge in [0.1, 0.15) is 6.54 Å². The normalized spacial score (nSPS) is 14.7. The third kappa shape index (κ3) is 4.46. The average Bonchev–Trinajstić information content (AvgIpc) is 2.25. The van der Waals surface area contributed by atoms with Gasteiger partial charge in [0, 0.05) is 5.56 Å². The van der Waals surface area contributed by atoms with Crippen molar-refractivity contribution in [1.82, 2.24) is 0 Å². The average molecular weight is 266 g/mol. The number of nitrogens with zero attached hydrogens (tertiary/aromatic N) is 1. The summed E-state index contributed by atoms with van der Waals surface area (Å²) in [6.07, 6.45) is -0.601. The van der Waals surface area contributed by atoms with E-state index in [-0.39, 0.29) is 6.54 Å². The van der Waals surface area contributed by atoms with E-state index in [9.17, 15) is 14.7 Å². The fourth-order valence-electron chi connectivity index (χ4n) is 2.10. The second-order valence-corrected chi connectivity index (χ2v) is 5.75. The molecule has 0 bridgehead atoms. The van der Waals surface area contributed by atoms with Crippen molar-refractivity contribution in [2.24, 2.45) is 0 Å². The Morgan fingerprint density at radius 2 is 1.68 bits per heavy atom. The Bertz CT molecular complexity index is 464. The summed E-state index contributed by atoms with van der Waals surface area (Å²) in [7, 11) is 5.39. The Kier molecular flexibility index (Phi) is 4.44. The van der Waals surface area contributed by atoms with Crippen molar-refractivity contribution in [2.45, 2.75) is 12.0 Å². The van der Waals surface area contributed by atoms with E-state index in [1.807, 2.05) is 0 Å². The first-order chi connectivity index (χ1) is 8.64. The number of carbonyl (C=O) groups excluding carboxylic acids is 1. The van der Waals surface area contributed by atoms with Crippen molar-refractivity contribution < 1.29 is 24.3 Å². The molecule has 2 N–H and O–H groups in total. The number of likely N-dealkylation sites (N-methyl/N-ethyl adjacent to an activating group) is 1. The molecule has 1 unspecified atom stereocenters. The van der Waals surface area contributed by atoms with Crippen molar-refractivity contribution in [3.63, 3.8) is 0 Å². The zero-order valence-corrected chi connectivity index (χ0v) is 11.5. The molecule has 0 aliphatic heterocycles. The number of carboxylic acids is 1. The number of hydrogen-bond acceptors (Lipinski definition) is 3. The van der Waals surface area contributed by atoms with Gasteiger partial charge >= 0.3 is 5.97 Å². The topological polar surface area (TPSA) is 74.6 Å². The number of carboxylic acid groups (broad SMARTS) is 1. The van der Waals surface area contributed by atoms with Gasteiger partial charge < -0.3 is 14.7 Å². The molecule has 0 amide bonds. The highest BCUT2D eigenvalue weighted by Gasteiger charge is 2.43. The molecule has 0 saturated heterocycles. The third-order valence-corrected chi connectivity index (χ3v) is 2.64. The zero-order chi connectivity index (χ0) is 14.7. The molecule has 1 rings (SSSR count). The van der Waals surface area contributed by atoms with E-state index in [2.05, 4.69) is 0 Å². The van der Waals surface area contributed by atoms with E-state index in [4.69, 9.17) is 5.11 Å². The Labute approximate surface area is 112 Å². The monoisotopic (exact) mass is 266 g/mol. The smallest absolute Gasteiger partial charge is 0.307 e. The Hall–Kier alpha value is -1.72. The van der Waals surface area contributed by atoms with Gasteiger partial charge in [-0.25, -0.2) is 0 Å². The number of rotatable bonds is 6. The van der Waals surface area contributed by atoms with E-state index in [1.54, 1.807) is 51.5 Å². The molecule has 0 spiro atoms. The van der Waals surface area contributed by atoms with Crippen LogP contribution in [0.15, 0.2) is 30.3 Å². The van der Waals surface area contributed by atoms with E-state index in [0.29, 0.717) is 10.0 Å². The molecular formula is C14H20NO4+. The summed E-state index contributed by atoms with van der Waals surface area (Å²) in [5.41, 5.74) is -1.58. The Balaban J connectivity index is 3.10. The van der Waals surface area contributed by atoms with Crippen LogP contribution >= 0.6 is 0 Å². The maximum Gasteiger partial charge on any atom is 0.307 e. The number of carbonyl (C=O) groups is 2. The van der Waals surface area contributed by atoms with Gasteiger partial charge in [0.25, 0.3) is 0 Å². The molecule has 1 aromatic rings. The molecule has 19 heavy (non-hydrogen) atoms. The number of ketones is 1. The molecule has 104 valence electrons. The second kappa shape index (κ2) is 5.50. The van der Waals surface area contributed by atoms with Gasteiger partial charge in [0.05, 0.1) is 27.6 Å². The second-order valence-electron chi connectivity index (χ2n) is 5.75. The van der Waals surface area contributed by atoms with Crippen LogP contribution in [0.5, 0.6) is 0 Å². The SMILES string of the molecule is C[N+](C)(C)CC(O)(CC(=O)O)C(=O)c1ccccc1. The molecule has 0 heterocycles. The molecule has 0 fully saturated rings. The first-order valence-corrected chi connectivity index (χ1v) is 5.98. The number of aliphatic carboxylic acids is 1. The maximum absolute atomic E-state index is 12.4. The lowest BCUT2D eigenvalue weighted by Gasteiger charge is -2.33. The summed E-state index contributed by atoms with van der Waals surface area (Å²) in [6.45, 7) is 0.0347. The molecular weight excluding hydrogens is 246 g/mol. The number of Topliss-reactive ketones (excluding diaryl/α,β-unsaturated/α-hetero) is 1. The van der Waals surface area contributed by atoms with Crippen LogP contribution < -0.4 is 0 Å². The van der Waals surface area contributed by atoms with E-state index < -0.39 is 23.8 Å². The summed E-state index contributed by atoms with van der Waals surface area (Å²) in [5.74, 6) is -1.75. The highest BCUT2D eigenvalue weighted by Crippen LogP contribution is 2.20. The molecule has 5 heteroatoms. The minimum Gasteiger partial charge on any atom is -0.481 e. The van der Waals surface area contributed by atoms with Crippen LogP contribution in [0.1, 0.15) is 16.8 Å². The summed E-state index contributed by atoms with van der Waals surface area (Å²) in [6, 6.07) is 8.27. The van der Waals surface area contributed by atoms with Gasteiger partial charge in [0.15, 0.2) is 5.60 Å². The van der Waals surface area contributed by atoms with Gasteiger partial charge in [-0.05, 0) is 0 Å². The van der Waals surface area contributed by atoms with Crippen LogP contribution in [0.4, 0.5) is 0 Å². The molecule has 1 atom stereocenters. The number of quaternary nitrogens is 1. The molecule has 0 radical (unpaired) electrons. The molecule has 0 aliphatic carbocycles. The molecule has 0 aliphatic rings. The van der Waals surface area contributed by atoms with Gasteiger partial charge in [-0.2, -0.15) is 0 Å². The number of benzene rings is 1. The third-order valence-electron chi connectivity index (χ3n) is 2.64. The van der Waals surface area contributed by atoms with Crippen LogP contribution in [-0.2, 0) is 4.79 Å². The first-order valence-electron chi connectivity index (χ1n) is 5.98. The van der Waals surface area contributed by atoms with Crippen molar-refractivity contribution >= 4 is 11.8 Å². The van der Waals surface area contributed by atoms with Gasteiger partial charge in [0.2, 0.25) is 5.78 Å². The van der Waals surface area contributed by atoms with Crippen LogP contribution in [0.3, 0.4) is 0 Å². The predicted octanol–water partition coefficient (Wildman–Crippen LogP) is 0.781. The lowest BCUT2D eigenvalue weighted by atomic mass is 9.88. The predicted molar refractivity (Wildman–Crippen MR) is 70.9 cm³/mol. The molecule has 0 saturated carbocycles. The molecule has 0 aromatic heterocycles. The summed E-state index contributed by atoms with van der Waals surface area (Å²) >= 11 is 0. The van der Waals surface area contributed by atoms with E-state index in [0.717, 1.165) is 0 Å². The minimum absolute atomic E-state index is 0.0347. The minimum atomic E-state index is -1.90. The van der Waals surface area contributed by atoms with Crippen LogP contribution in [0.2, 0.25) is 0 Å². The van der Waals surface area contributed by atoms with Gasteiger partial charge in [-0.15, -0.1) is 0 Å². The zero-order valence-electron chi connectivity index (χ0n) is 11.5. The Morgan fingerprint density at radius 3 is 2.11 bits per heavy atom. The fraction of sp³-hybridized carbons (Fsp3) is 0.429. The molecule has 5 nitrogen and oxygen atoms in total. The van der Waals surface area contributed by atoms with Crippen LogP contribution in [0.25, 0.3) is 0 Å². The fourth-order valence-corrected chi connectivity index (χ4v) is 2.10. The molecule has 1 aromatic carbocycles. The summed E-state index contributed by atoms with van der Waals surface area (Å²) in [5, 5.41) is 19.4. The standard InChI is InChI=1S/C14H19NO4/c1-15(2,3)10-14(19,9-12(16)17)13(18)11-7-5-4-6-8-11/h4-8,19H,9-10H2,1-3H3/p+1. The highest BCUT2D eigenvalue weighted by molar-refractivity contribution is 6.04. The lowest BCUT2D eigenvalue weighted by Crippen LogP contribution is -2.54. The first kappa shape index (κ1) is 15.3. The van der Waals surface area contributed by atoms with Crippen molar-refractivity contribution in [3.05, 3.63) is 35.9 Å². The maximum atomic E-state index is 12.4. The van der Waals surface area contributed by atoms with Gasteiger partial charge in [-0.3, -0.25) is 9.59 Å². The largest absolute Gasteiger partial charge is 0.481 e. The van der Waals surface area contributed by atoms with Crippen molar-refractivity contribution in [2.75, 3.05) is 27.7 Å². The van der Waals surface area contributed by atoms with Crippen molar-refractivity contribution in [3.8, 4) is 0 Å². The number of hydrogen-bond donors (Lipinski definition) is 2. The van der Waals surface area contributed by atoms with Crippen molar-refractivity contribution in [1.29, 1.82) is 0 Å². The summed E-state index contributed by atoms with van der Waals surface area (Å²) < 4.78 is 0.294. The number of aliphatic hydroxyl groups is 1. The van der Waals surface area contributed by atoms with Crippen LogP contribution in [-0.4, -0.2) is 59.7 Å². The van der Waals surface area contributed by atoms with E-state index >= 15 is 0 Å². The lowest BCUT2D eigenvalue weighted by molar-refractivity contribution is -0.875. The quantitative estimate of drug-likeness (QED) is 0.589. The summed E-state index contributed by atoms with van der Waals surface area (Å²) in [4.78, 5) is 23.3. The van der Waals surface area contributed by atoms with Gasteiger partial charge in [-0.1, -0.05) is 30.3 Å². The van der Waals surface area contributed by atoms with E-state index in [1.165, 1.54) is 0 Å².